The monoisotopic (exact) mass is 396 g/mol. The van der Waals surface area contributed by atoms with Gasteiger partial charge in [-0.25, -0.2) is 0 Å². The number of amides is 3. The van der Waals surface area contributed by atoms with Gasteiger partial charge in [0.15, 0.2) is 12.4 Å². The van der Waals surface area contributed by atoms with Gasteiger partial charge in [-0.05, 0) is 19.4 Å². The highest BCUT2D eigenvalue weighted by Gasteiger charge is 2.32. The molecule has 29 heavy (non-hydrogen) atoms. The number of H-pyrrole nitrogens is 1. The van der Waals surface area contributed by atoms with Crippen LogP contribution >= 0.6 is 0 Å². The van der Waals surface area contributed by atoms with E-state index >= 15 is 0 Å². The highest BCUT2D eigenvalue weighted by atomic mass is 16.5. The summed E-state index contributed by atoms with van der Waals surface area (Å²) in [6.07, 6.45) is 0.685. The molecule has 3 heterocycles. The van der Waals surface area contributed by atoms with Crippen molar-refractivity contribution >= 4 is 34.4 Å². The zero-order chi connectivity index (χ0) is 20.5. The Kier molecular flexibility index (Phi) is 4.75. The van der Waals surface area contributed by atoms with Crippen LogP contribution in [0.1, 0.15) is 30.1 Å². The fourth-order valence-corrected chi connectivity index (χ4v) is 3.46. The van der Waals surface area contributed by atoms with Crippen molar-refractivity contribution in [2.24, 2.45) is 7.05 Å². The first kappa shape index (κ1) is 18.7. The molecule has 1 unspecified atom stereocenters. The Bertz CT molecular complexity index is 1120. The van der Waals surface area contributed by atoms with E-state index in [-0.39, 0.29) is 30.7 Å². The molecule has 0 spiro atoms. The number of aromatic nitrogens is 4. The Morgan fingerprint density at radius 3 is 2.93 bits per heavy atom. The maximum absolute atomic E-state index is 12.3. The third kappa shape index (κ3) is 3.68. The van der Waals surface area contributed by atoms with Gasteiger partial charge in [-0.2, -0.15) is 10.2 Å². The lowest BCUT2D eigenvalue weighted by Crippen LogP contribution is -2.39. The largest absolute Gasteiger partial charge is 0.481 e. The molecule has 0 bridgehead atoms. The highest BCUT2D eigenvalue weighted by Crippen LogP contribution is 2.34. The summed E-state index contributed by atoms with van der Waals surface area (Å²) in [5.74, 6) is -0.562. The van der Waals surface area contributed by atoms with Gasteiger partial charge in [0.2, 0.25) is 11.8 Å². The number of aryl methyl sites for hydroxylation is 2. The summed E-state index contributed by atoms with van der Waals surface area (Å²) in [4.78, 5) is 35.8. The number of piperidine rings is 1. The number of benzene rings is 1. The van der Waals surface area contributed by atoms with E-state index < -0.39 is 5.92 Å². The number of hydrogen-bond donors (Lipinski definition) is 3. The van der Waals surface area contributed by atoms with Gasteiger partial charge in [-0.1, -0.05) is 12.1 Å². The van der Waals surface area contributed by atoms with Crippen molar-refractivity contribution in [2.75, 3.05) is 11.9 Å². The Balaban J connectivity index is 1.55. The lowest BCUT2D eigenvalue weighted by molar-refractivity contribution is -0.134. The number of imide groups is 1. The predicted molar refractivity (Wildman–Crippen MR) is 103 cm³/mol. The molecule has 1 aromatic carbocycles. The first-order valence-electron chi connectivity index (χ1n) is 9.16. The highest BCUT2D eigenvalue weighted by molar-refractivity contribution is 6.03. The average Bonchev–Trinajstić information content (AvgIpc) is 3.23. The maximum atomic E-state index is 12.3. The zero-order valence-corrected chi connectivity index (χ0v) is 16.0. The number of anilines is 1. The fraction of sp³-hybridized carbons (Fsp3) is 0.316. The van der Waals surface area contributed by atoms with Gasteiger partial charge in [0.05, 0.1) is 11.6 Å². The topological polar surface area (TPSA) is 131 Å². The number of ether oxygens (including phenoxy) is 1. The van der Waals surface area contributed by atoms with Gasteiger partial charge in [-0.15, -0.1) is 0 Å². The molecule has 10 heteroatoms. The number of nitrogens with zero attached hydrogens (tertiary/aromatic N) is 3. The summed E-state index contributed by atoms with van der Waals surface area (Å²) in [7, 11) is 1.75. The Hall–Kier alpha value is -3.69. The summed E-state index contributed by atoms with van der Waals surface area (Å²) in [6.45, 7) is 1.63. The van der Waals surface area contributed by atoms with Crippen molar-refractivity contribution in [3.8, 4) is 5.75 Å². The van der Waals surface area contributed by atoms with Crippen LogP contribution in [0.3, 0.4) is 0 Å². The standard InChI is InChI=1S/C19H20N6O4/c1-10-8-14(23-22-10)20-16(27)9-29-13-5-3-4-11-17(24-25(2)18(11)13)12-6-7-15(26)21-19(12)28/h3-5,8,12H,6-7,9H2,1-2H3,(H,21,26,28)(H2,20,22,23,27). The van der Waals surface area contributed by atoms with Crippen LogP contribution in [0.5, 0.6) is 5.75 Å². The number of nitrogens with one attached hydrogen (secondary N) is 3. The third-order valence-corrected chi connectivity index (χ3v) is 4.76. The van der Waals surface area contributed by atoms with Gasteiger partial charge in [0.1, 0.15) is 11.3 Å². The Morgan fingerprint density at radius 2 is 2.21 bits per heavy atom. The summed E-state index contributed by atoms with van der Waals surface area (Å²) in [5.41, 5.74) is 2.10. The Morgan fingerprint density at radius 1 is 1.38 bits per heavy atom. The molecule has 2 aromatic heterocycles. The van der Waals surface area contributed by atoms with Crippen LogP contribution in [-0.4, -0.2) is 44.3 Å². The van der Waals surface area contributed by atoms with E-state index in [0.29, 0.717) is 29.2 Å². The van der Waals surface area contributed by atoms with Crippen LogP contribution in [0.2, 0.25) is 0 Å². The summed E-state index contributed by atoms with van der Waals surface area (Å²) < 4.78 is 7.34. The normalized spacial score (nSPS) is 16.7. The van der Waals surface area contributed by atoms with Crippen LogP contribution in [0.4, 0.5) is 5.82 Å². The first-order chi connectivity index (χ1) is 13.9. The van der Waals surface area contributed by atoms with Crippen molar-refractivity contribution in [3.05, 3.63) is 35.7 Å². The van der Waals surface area contributed by atoms with Gasteiger partial charge in [0.25, 0.3) is 5.91 Å². The van der Waals surface area contributed by atoms with Crippen molar-refractivity contribution in [3.63, 3.8) is 0 Å². The predicted octanol–water partition coefficient (Wildman–Crippen LogP) is 1.14. The second-order valence-corrected chi connectivity index (χ2v) is 6.94. The molecule has 1 fully saturated rings. The van der Waals surface area contributed by atoms with Crippen molar-refractivity contribution in [1.29, 1.82) is 0 Å². The quantitative estimate of drug-likeness (QED) is 0.554. The summed E-state index contributed by atoms with van der Waals surface area (Å²) in [5, 5.41) is 17.0. The van der Waals surface area contributed by atoms with Crippen LogP contribution in [0, 0.1) is 6.92 Å². The van der Waals surface area contributed by atoms with Crippen LogP contribution < -0.4 is 15.4 Å². The van der Waals surface area contributed by atoms with Crippen molar-refractivity contribution in [2.45, 2.75) is 25.7 Å². The Labute approximate surface area is 165 Å². The molecule has 1 atom stereocenters. The van der Waals surface area contributed by atoms with Crippen LogP contribution in [0.15, 0.2) is 24.3 Å². The molecule has 0 aliphatic carbocycles. The number of hydrogen-bond acceptors (Lipinski definition) is 6. The molecule has 150 valence electrons. The number of para-hydroxylation sites is 1. The minimum absolute atomic E-state index is 0.204. The van der Waals surface area contributed by atoms with Crippen molar-refractivity contribution in [1.82, 2.24) is 25.3 Å². The first-order valence-corrected chi connectivity index (χ1v) is 9.16. The van der Waals surface area contributed by atoms with E-state index in [2.05, 4.69) is 25.9 Å². The lowest BCUT2D eigenvalue weighted by Gasteiger charge is -2.19. The summed E-state index contributed by atoms with van der Waals surface area (Å²) >= 11 is 0. The molecular formula is C19H20N6O4. The smallest absolute Gasteiger partial charge is 0.263 e. The minimum atomic E-state index is -0.502. The van der Waals surface area contributed by atoms with Gasteiger partial charge in [0, 0.05) is 30.6 Å². The molecule has 4 rings (SSSR count). The molecule has 3 aromatic rings. The fourth-order valence-electron chi connectivity index (χ4n) is 3.46. The summed E-state index contributed by atoms with van der Waals surface area (Å²) in [6, 6.07) is 7.08. The second kappa shape index (κ2) is 7.38. The average molecular weight is 396 g/mol. The molecular weight excluding hydrogens is 376 g/mol. The number of aromatic amines is 1. The van der Waals surface area contributed by atoms with Gasteiger partial charge < -0.3 is 10.1 Å². The van der Waals surface area contributed by atoms with Gasteiger partial charge in [-0.3, -0.25) is 29.5 Å². The molecule has 0 saturated carbocycles. The van der Waals surface area contributed by atoms with Crippen LogP contribution in [0.25, 0.3) is 10.9 Å². The van der Waals surface area contributed by atoms with E-state index in [1.807, 2.05) is 13.0 Å². The number of carbonyl (C=O) groups excluding carboxylic acids is 3. The van der Waals surface area contributed by atoms with E-state index in [0.717, 1.165) is 11.1 Å². The SMILES string of the molecule is Cc1cc(NC(=O)COc2cccc3c(C4CCC(=O)NC4=O)nn(C)c23)n[nH]1. The molecule has 0 radical (unpaired) electrons. The van der Waals surface area contributed by atoms with E-state index in [9.17, 15) is 14.4 Å². The van der Waals surface area contributed by atoms with Crippen LogP contribution in [-0.2, 0) is 21.4 Å². The molecule has 1 aliphatic heterocycles. The van der Waals surface area contributed by atoms with E-state index in [1.165, 1.54) is 0 Å². The minimum Gasteiger partial charge on any atom is -0.481 e. The molecule has 1 aliphatic rings. The molecule has 1 saturated heterocycles. The second-order valence-electron chi connectivity index (χ2n) is 6.94. The van der Waals surface area contributed by atoms with E-state index in [4.69, 9.17) is 4.74 Å². The number of carbonyl (C=O) groups is 3. The van der Waals surface area contributed by atoms with Crippen molar-refractivity contribution < 1.29 is 19.1 Å². The number of fused-ring (bicyclic) bond motifs is 1. The lowest BCUT2D eigenvalue weighted by atomic mass is 9.93. The molecule has 10 nitrogen and oxygen atoms in total. The zero-order valence-electron chi connectivity index (χ0n) is 16.0. The number of rotatable bonds is 5. The third-order valence-electron chi connectivity index (χ3n) is 4.76. The van der Waals surface area contributed by atoms with E-state index in [1.54, 1.807) is 29.9 Å². The molecule has 3 amide bonds. The maximum Gasteiger partial charge on any atom is 0.263 e. The van der Waals surface area contributed by atoms with Gasteiger partial charge >= 0.3 is 0 Å². The molecule has 3 N–H and O–H groups in total.